The van der Waals surface area contributed by atoms with E-state index in [9.17, 15) is 0 Å². The molecule has 60 valence electrons. The summed E-state index contributed by atoms with van der Waals surface area (Å²) in [5.41, 5.74) is 5.67. The molecule has 1 nitrogen and oxygen atoms in total. The third-order valence-corrected chi connectivity index (χ3v) is 2.89. The minimum Gasteiger partial charge on any atom is -0.330 e. The van der Waals surface area contributed by atoms with Crippen LogP contribution in [0.4, 0.5) is 0 Å². The van der Waals surface area contributed by atoms with E-state index in [2.05, 4.69) is 6.92 Å². The van der Waals surface area contributed by atoms with Crippen molar-refractivity contribution < 1.29 is 0 Å². The van der Waals surface area contributed by atoms with Gasteiger partial charge in [-0.1, -0.05) is 32.6 Å². The molecule has 0 bridgehead atoms. The predicted molar refractivity (Wildman–Crippen MR) is 44.8 cm³/mol. The van der Waals surface area contributed by atoms with E-state index in [0.717, 1.165) is 18.4 Å². The van der Waals surface area contributed by atoms with Crippen molar-refractivity contribution in [2.45, 2.75) is 39.0 Å². The fourth-order valence-corrected chi connectivity index (χ4v) is 2.13. The van der Waals surface area contributed by atoms with Crippen LogP contribution in [0.5, 0.6) is 0 Å². The maximum atomic E-state index is 5.67. The Morgan fingerprint density at radius 3 is 2.20 bits per heavy atom. The monoisotopic (exact) mass is 141 g/mol. The van der Waals surface area contributed by atoms with E-state index in [1.165, 1.54) is 32.1 Å². The van der Waals surface area contributed by atoms with Crippen LogP contribution >= 0.6 is 0 Å². The van der Waals surface area contributed by atoms with Gasteiger partial charge in [-0.05, 0) is 24.8 Å². The Bertz CT molecular complexity index is 78.7. The van der Waals surface area contributed by atoms with Crippen molar-refractivity contribution in [2.75, 3.05) is 6.54 Å². The molecule has 1 aliphatic rings. The van der Waals surface area contributed by atoms with Gasteiger partial charge in [0.25, 0.3) is 0 Å². The average molecular weight is 141 g/mol. The molecule has 1 fully saturated rings. The van der Waals surface area contributed by atoms with Crippen molar-refractivity contribution in [3.63, 3.8) is 0 Å². The summed E-state index contributed by atoms with van der Waals surface area (Å²) < 4.78 is 0. The van der Waals surface area contributed by atoms with Crippen molar-refractivity contribution in [3.05, 3.63) is 0 Å². The summed E-state index contributed by atoms with van der Waals surface area (Å²) in [5.74, 6) is 1.79. The van der Waals surface area contributed by atoms with Crippen LogP contribution in [-0.2, 0) is 0 Å². The Hall–Kier alpha value is -0.0400. The summed E-state index contributed by atoms with van der Waals surface area (Å²) in [4.78, 5) is 0. The van der Waals surface area contributed by atoms with Crippen LogP contribution in [0, 0.1) is 11.8 Å². The van der Waals surface area contributed by atoms with Crippen molar-refractivity contribution in [1.29, 1.82) is 0 Å². The van der Waals surface area contributed by atoms with Gasteiger partial charge >= 0.3 is 0 Å². The van der Waals surface area contributed by atoms with E-state index in [4.69, 9.17) is 5.73 Å². The first kappa shape index (κ1) is 8.06. The third-order valence-electron chi connectivity index (χ3n) is 2.89. The number of hydrogen-bond acceptors (Lipinski definition) is 1. The zero-order valence-corrected chi connectivity index (χ0v) is 6.97. The summed E-state index contributed by atoms with van der Waals surface area (Å²) in [7, 11) is 0. The van der Waals surface area contributed by atoms with Gasteiger partial charge in [0.2, 0.25) is 0 Å². The minimum atomic E-state index is 0.846. The van der Waals surface area contributed by atoms with Crippen LogP contribution in [0.3, 0.4) is 0 Å². The SMILES string of the molecule is CC[C@H]1CCCC[C@@H]1CN. The third kappa shape index (κ3) is 1.72. The van der Waals surface area contributed by atoms with Crippen molar-refractivity contribution >= 4 is 0 Å². The first-order valence-electron chi connectivity index (χ1n) is 4.58. The van der Waals surface area contributed by atoms with Crippen molar-refractivity contribution in [1.82, 2.24) is 0 Å². The van der Waals surface area contributed by atoms with Gasteiger partial charge in [-0.15, -0.1) is 0 Å². The molecule has 0 aromatic rings. The molecular formula is C9H19N. The summed E-state index contributed by atoms with van der Waals surface area (Å²) in [6.45, 7) is 3.21. The molecule has 0 radical (unpaired) electrons. The lowest BCUT2D eigenvalue weighted by molar-refractivity contribution is 0.237. The van der Waals surface area contributed by atoms with E-state index >= 15 is 0 Å². The van der Waals surface area contributed by atoms with Crippen LogP contribution < -0.4 is 5.73 Å². The van der Waals surface area contributed by atoms with Crippen LogP contribution in [0.25, 0.3) is 0 Å². The normalized spacial score (nSPS) is 34.2. The summed E-state index contributed by atoms with van der Waals surface area (Å²) in [6, 6.07) is 0. The highest BCUT2D eigenvalue weighted by Gasteiger charge is 2.21. The van der Waals surface area contributed by atoms with Crippen molar-refractivity contribution in [2.24, 2.45) is 17.6 Å². The van der Waals surface area contributed by atoms with Gasteiger partial charge < -0.3 is 5.73 Å². The van der Waals surface area contributed by atoms with E-state index in [1.807, 2.05) is 0 Å². The van der Waals surface area contributed by atoms with Gasteiger partial charge in [0.05, 0.1) is 0 Å². The number of hydrogen-bond donors (Lipinski definition) is 1. The molecule has 0 saturated heterocycles. The Morgan fingerprint density at radius 1 is 1.20 bits per heavy atom. The highest BCUT2D eigenvalue weighted by molar-refractivity contribution is 4.74. The summed E-state index contributed by atoms with van der Waals surface area (Å²) >= 11 is 0. The van der Waals surface area contributed by atoms with E-state index in [-0.39, 0.29) is 0 Å². The first-order chi connectivity index (χ1) is 4.88. The molecule has 0 unspecified atom stereocenters. The van der Waals surface area contributed by atoms with E-state index in [0.29, 0.717) is 0 Å². The second-order valence-electron chi connectivity index (χ2n) is 3.45. The van der Waals surface area contributed by atoms with Gasteiger partial charge in [-0.25, -0.2) is 0 Å². The standard InChI is InChI=1S/C9H19N/c1-2-8-5-3-4-6-9(8)7-10/h8-9H,2-7,10H2,1H3/t8-,9+/m0/s1. The smallest absolute Gasteiger partial charge is 0.00462 e. The van der Waals surface area contributed by atoms with Crippen LogP contribution in [0.2, 0.25) is 0 Å². The van der Waals surface area contributed by atoms with E-state index < -0.39 is 0 Å². The molecule has 1 rings (SSSR count). The lowest BCUT2D eigenvalue weighted by atomic mass is 9.78. The number of nitrogens with two attached hydrogens (primary N) is 1. The molecule has 2 atom stereocenters. The minimum absolute atomic E-state index is 0.846. The molecule has 0 aromatic heterocycles. The first-order valence-corrected chi connectivity index (χ1v) is 4.58. The van der Waals surface area contributed by atoms with E-state index in [1.54, 1.807) is 0 Å². The lowest BCUT2D eigenvalue weighted by Crippen LogP contribution is -2.26. The summed E-state index contributed by atoms with van der Waals surface area (Å²) in [6.07, 6.45) is 7.00. The zero-order valence-electron chi connectivity index (χ0n) is 6.97. The zero-order chi connectivity index (χ0) is 7.40. The van der Waals surface area contributed by atoms with Gasteiger partial charge in [0, 0.05) is 0 Å². The molecule has 10 heavy (non-hydrogen) atoms. The highest BCUT2D eigenvalue weighted by atomic mass is 14.6. The molecule has 0 aromatic carbocycles. The molecular weight excluding hydrogens is 122 g/mol. The molecule has 1 aliphatic carbocycles. The number of rotatable bonds is 2. The second-order valence-corrected chi connectivity index (χ2v) is 3.45. The Labute approximate surface area is 64.0 Å². The van der Waals surface area contributed by atoms with Gasteiger partial charge in [0.15, 0.2) is 0 Å². The molecule has 1 saturated carbocycles. The second kappa shape index (κ2) is 3.97. The Balaban J connectivity index is 2.34. The molecule has 1 heteroatoms. The Morgan fingerprint density at radius 2 is 1.80 bits per heavy atom. The predicted octanol–water partition coefficient (Wildman–Crippen LogP) is 2.16. The quantitative estimate of drug-likeness (QED) is 0.626. The lowest BCUT2D eigenvalue weighted by Gasteiger charge is -2.29. The maximum Gasteiger partial charge on any atom is -0.00462 e. The van der Waals surface area contributed by atoms with Gasteiger partial charge in [-0.2, -0.15) is 0 Å². The van der Waals surface area contributed by atoms with Crippen LogP contribution in [-0.4, -0.2) is 6.54 Å². The molecule has 0 aliphatic heterocycles. The van der Waals surface area contributed by atoms with Gasteiger partial charge in [0.1, 0.15) is 0 Å². The fraction of sp³-hybridized carbons (Fsp3) is 1.00. The average Bonchev–Trinajstić information content (AvgIpc) is 2.04. The molecule has 0 amide bonds. The van der Waals surface area contributed by atoms with Crippen LogP contribution in [0.15, 0.2) is 0 Å². The molecule has 0 spiro atoms. The fourth-order valence-electron chi connectivity index (χ4n) is 2.13. The largest absolute Gasteiger partial charge is 0.330 e. The molecule has 2 N–H and O–H groups in total. The van der Waals surface area contributed by atoms with Crippen LogP contribution in [0.1, 0.15) is 39.0 Å². The highest BCUT2D eigenvalue weighted by Crippen LogP contribution is 2.30. The topological polar surface area (TPSA) is 26.0 Å². The summed E-state index contributed by atoms with van der Waals surface area (Å²) in [5, 5.41) is 0. The van der Waals surface area contributed by atoms with Gasteiger partial charge in [-0.3, -0.25) is 0 Å². The Kier molecular flexibility index (Phi) is 3.20. The molecule has 0 heterocycles. The maximum absolute atomic E-state index is 5.67. The van der Waals surface area contributed by atoms with Crippen molar-refractivity contribution in [3.8, 4) is 0 Å².